The van der Waals surface area contributed by atoms with E-state index in [1.165, 1.54) is 0 Å². The number of thiazole rings is 1. The highest BCUT2D eigenvalue weighted by Gasteiger charge is 2.11. The van der Waals surface area contributed by atoms with Crippen molar-refractivity contribution >= 4 is 11.3 Å². The van der Waals surface area contributed by atoms with Gasteiger partial charge in [-0.05, 0) is 24.6 Å². The first kappa shape index (κ1) is 11.8. The summed E-state index contributed by atoms with van der Waals surface area (Å²) in [6.45, 7) is 1.93. The second kappa shape index (κ2) is 5.09. The summed E-state index contributed by atoms with van der Waals surface area (Å²) in [4.78, 5) is 4.31. The first-order valence-electron chi connectivity index (χ1n) is 5.28. The predicted octanol–water partition coefficient (Wildman–Crippen LogP) is 2.60. The van der Waals surface area contributed by atoms with E-state index in [4.69, 9.17) is 5.26 Å². The Balaban J connectivity index is 2.14. The lowest BCUT2D eigenvalue weighted by Gasteiger charge is -2.09. The quantitative estimate of drug-likeness (QED) is 0.902. The Morgan fingerprint density at radius 2 is 2.35 bits per heavy atom. The number of nitriles is 1. The van der Waals surface area contributed by atoms with Gasteiger partial charge in [0.1, 0.15) is 0 Å². The molecule has 2 rings (SSSR count). The Kier molecular flexibility index (Phi) is 3.52. The van der Waals surface area contributed by atoms with Crippen LogP contribution in [-0.2, 0) is 6.42 Å². The van der Waals surface area contributed by atoms with E-state index in [2.05, 4.69) is 11.1 Å². The normalized spacial score (nSPS) is 12.1. The van der Waals surface area contributed by atoms with Gasteiger partial charge in [-0.15, -0.1) is 11.3 Å². The maximum absolute atomic E-state index is 10.1. The van der Waals surface area contributed by atoms with E-state index < -0.39 is 6.10 Å². The van der Waals surface area contributed by atoms with Gasteiger partial charge in [0.05, 0.1) is 22.7 Å². The van der Waals surface area contributed by atoms with E-state index in [0.717, 1.165) is 16.3 Å². The van der Waals surface area contributed by atoms with E-state index in [1.54, 1.807) is 29.5 Å². The summed E-state index contributed by atoms with van der Waals surface area (Å²) in [5.41, 5.74) is 2.30. The van der Waals surface area contributed by atoms with Crippen LogP contribution in [0.15, 0.2) is 29.6 Å². The molecule has 1 heterocycles. The summed E-state index contributed by atoms with van der Waals surface area (Å²) in [5.74, 6) is 0. The molecule has 0 saturated carbocycles. The van der Waals surface area contributed by atoms with Gasteiger partial charge in [-0.3, -0.25) is 0 Å². The zero-order valence-electron chi connectivity index (χ0n) is 9.42. The number of aromatic nitrogens is 1. The van der Waals surface area contributed by atoms with Crippen LogP contribution in [0.3, 0.4) is 0 Å². The van der Waals surface area contributed by atoms with Crippen LogP contribution in [-0.4, -0.2) is 10.1 Å². The van der Waals surface area contributed by atoms with Crippen molar-refractivity contribution in [2.75, 3.05) is 0 Å². The smallest absolute Gasteiger partial charge is 0.0991 e. The summed E-state index contributed by atoms with van der Waals surface area (Å²) >= 11 is 1.55. The molecule has 0 fully saturated rings. The fourth-order valence-electron chi connectivity index (χ4n) is 1.60. The van der Waals surface area contributed by atoms with E-state index in [-0.39, 0.29) is 0 Å². The van der Waals surface area contributed by atoms with Crippen LogP contribution in [0, 0.1) is 18.3 Å². The lowest BCUT2D eigenvalue weighted by atomic mass is 10.0. The molecule has 0 aliphatic carbocycles. The van der Waals surface area contributed by atoms with Crippen molar-refractivity contribution in [3.8, 4) is 6.07 Å². The molecule has 0 aliphatic rings. The number of hydrogen-bond donors (Lipinski definition) is 1. The van der Waals surface area contributed by atoms with Crippen LogP contribution >= 0.6 is 11.3 Å². The van der Waals surface area contributed by atoms with Gasteiger partial charge in [-0.2, -0.15) is 5.26 Å². The minimum Gasteiger partial charge on any atom is -0.388 e. The van der Waals surface area contributed by atoms with Crippen LogP contribution in [0.25, 0.3) is 0 Å². The fraction of sp³-hybridized carbons (Fsp3) is 0.231. The molecule has 0 bridgehead atoms. The average Bonchev–Trinajstić information content (AvgIpc) is 2.75. The van der Waals surface area contributed by atoms with Crippen molar-refractivity contribution in [1.29, 1.82) is 5.26 Å². The van der Waals surface area contributed by atoms with Gasteiger partial charge in [0, 0.05) is 17.5 Å². The van der Waals surface area contributed by atoms with Gasteiger partial charge in [0.25, 0.3) is 0 Å². The number of aliphatic hydroxyl groups excluding tert-OH is 1. The van der Waals surface area contributed by atoms with Crippen LogP contribution in [0.5, 0.6) is 0 Å². The third kappa shape index (κ3) is 2.90. The maximum Gasteiger partial charge on any atom is 0.0991 e. The van der Waals surface area contributed by atoms with Crippen LogP contribution in [0.2, 0.25) is 0 Å². The number of benzene rings is 1. The van der Waals surface area contributed by atoms with Crippen molar-refractivity contribution < 1.29 is 5.11 Å². The highest BCUT2D eigenvalue weighted by molar-refractivity contribution is 7.09. The number of nitrogens with zero attached hydrogens (tertiary/aromatic N) is 2. The van der Waals surface area contributed by atoms with E-state index in [0.29, 0.717) is 12.0 Å². The number of aryl methyl sites for hydroxylation is 1. The standard InChI is InChI=1S/C13H12N2OS/c1-9-8-17-13(15-9)6-12(16)11-4-2-3-10(5-11)7-14/h2-5,8,12,16H,6H2,1H3. The first-order valence-corrected chi connectivity index (χ1v) is 6.16. The van der Waals surface area contributed by atoms with Crippen molar-refractivity contribution in [3.05, 3.63) is 51.5 Å². The molecule has 0 aliphatic heterocycles. The Hall–Kier alpha value is -1.70. The summed E-state index contributed by atoms with van der Waals surface area (Å²) < 4.78 is 0. The van der Waals surface area contributed by atoms with Crippen molar-refractivity contribution in [2.45, 2.75) is 19.4 Å². The molecule has 0 amide bonds. The summed E-state index contributed by atoms with van der Waals surface area (Å²) in [6.07, 6.45) is -0.109. The Labute approximate surface area is 104 Å². The van der Waals surface area contributed by atoms with E-state index in [9.17, 15) is 5.11 Å². The third-order valence-corrected chi connectivity index (χ3v) is 3.42. The zero-order chi connectivity index (χ0) is 12.3. The summed E-state index contributed by atoms with van der Waals surface area (Å²) in [7, 11) is 0. The molecule has 1 unspecified atom stereocenters. The van der Waals surface area contributed by atoms with Gasteiger partial charge >= 0.3 is 0 Å². The highest BCUT2D eigenvalue weighted by Crippen LogP contribution is 2.21. The van der Waals surface area contributed by atoms with Gasteiger partial charge < -0.3 is 5.11 Å². The molecule has 2 aromatic rings. The topological polar surface area (TPSA) is 56.9 Å². The molecular weight excluding hydrogens is 232 g/mol. The molecule has 17 heavy (non-hydrogen) atoms. The molecule has 1 atom stereocenters. The SMILES string of the molecule is Cc1csc(CC(O)c2cccc(C#N)c2)n1. The van der Waals surface area contributed by atoms with Crippen molar-refractivity contribution in [1.82, 2.24) is 4.98 Å². The number of rotatable bonds is 3. The zero-order valence-corrected chi connectivity index (χ0v) is 10.2. The molecule has 0 saturated heterocycles. The molecule has 1 N–H and O–H groups in total. The third-order valence-electron chi connectivity index (χ3n) is 2.44. The van der Waals surface area contributed by atoms with Gasteiger partial charge in [-0.25, -0.2) is 4.98 Å². The minimum absolute atomic E-state index is 0.493. The van der Waals surface area contributed by atoms with Gasteiger partial charge in [-0.1, -0.05) is 12.1 Å². The molecule has 4 heteroatoms. The molecule has 1 aromatic carbocycles. The highest BCUT2D eigenvalue weighted by atomic mass is 32.1. The Morgan fingerprint density at radius 3 is 3.00 bits per heavy atom. The minimum atomic E-state index is -0.603. The van der Waals surface area contributed by atoms with E-state index in [1.807, 2.05) is 18.4 Å². The molecular formula is C13H12N2OS. The Bertz CT molecular complexity index is 557. The fourth-order valence-corrected chi connectivity index (χ4v) is 2.41. The molecule has 0 radical (unpaired) electrons. The van der Waals surface area contributed by atoms with E-state index >= 15 is 0 Å². The largest absolute Gasteiger partial charge is 0.388 e. The summed E-state index contributed by atoms with van der Waals surface area (Å²) in [5, 5.41) is 21.7. The second-order valence-corrected chi connectivity index (χ2v) is 4.78. The number of hydrogen-bond acceptors (Lipinski definition) is 4. The average molecular weight is 244 g/mol. The second-order valence-electron chi connectivity index (χ2n) is 3.84. The lowest BCUT2D eigenvalue weighted by molar-refractivity contribution is 0.178. The molecule has 86 valence electrons. The molecule has 0 spiro atoms. The number of aliphatic hydroxyl groups is 1. The lowest BCUT2D eigenvalue weighted by Crippen LogP contribution is -2.01. The first-order chi connectivity index (χ1) is 8.19. The maximum atomic E-state index is 10.1. The summed E-state index contributed by atoms with van der Waals surface area (Å²) in [6, 6.07) is 9.11. The van der Waals surface area contributed by atoms with Crippen molar-refractivity contribution in [2.24, 2.45) is 0 Å². The van der Waals surface area contributed by atoms with Gasteiger partial charge in [0.15, 0.2) is 0 Å². The van der Waals surface area contributed by atoms with Crippen LogP contribution in [0.1, 0.15) is 27.9 Å². The molecule has 1 aromatic heterocycles. The predicted molar refractivity (Wildman–Crippen MR) is 66.7 cm³/mol. The van der Waals surface area contributed by atoms with Crippen molar-refractivity contribution in [3.63, 3.8) is 0 Å². The monoisotopic (exact) mass is 244 g/mol. The van der Waals surface area contributed by atoms with Crippen LogP contribution in [0.4, 0.5) is 0 Å². The van der Waals surface area contributed by atoms with Gasteiger partial charge in [0.2, 0.25) is 0 Å². The molecule has 3 nitrogen and oxygen atoms in total. The van der Waals surface area contributed by atoms with Crippen LogP contribution < -0.4 is 0 Å². The Morgan fingerprint density at radius 1 is 1.53 bits per heavy atom.